The quantitative estimate of drug-likeness (QED) is 0.204. The summed E-state index contributed by atoms with van der Waals surface area (Å²) in [7, 11) is 0. The van der Waals surface area contributed by atoms with Crippen LogP contribution in [0.1, 0.15) is 60.3 Å². The number of benzene rings is 4. The third-order valence-corrected chi connectivity index (χ3v) is 8.23. The summed E-state index contributed by atoms with van der Waals surface area (Å²) >= 11 is 6.35. The number of halogens is 1. The van der Waals surface area contributed by atoms with Gasteiger partial charge in [0.05, 0.1) is 0 Å². The Hall–Kier alpha value is -3.89. The van der Waals surface area contributed by atoms with Crippen LogP contribution in [0.3, 0.4) is 0 Å². The fourth-order valence-electron chi connectivity index (χ4n) is 5.84. The van der Waals surface area contributed by atoms with Crippen molar-refractivity contribution in [1.82, 2.24) is 10.2 Å². The lowest BCUT2D eigenvalue weighted by Gasteiger charge is -2.33. The molecular formula is C36H37ClN2O2. The number of amides is 2. The normalized spacial score (nSPS) is 14.1. The van der Waals surface area contributed by atoms with E-state index in [1.165, 1.54) is 0 Å². The zero-order valence-electron chi connectivity index (χ0n) is 23.3. The van der Waals surface area contributed by atoms with Gasteiger partial charge in [-0.3, -0.25) is 9.59 Å². The van der Waals surface area contributed by atoms with E-state index in [4.69, 9.17) is 11.6 Å². The number of hydrogen-bond acceptors (Lipinski definition) is 2. The highest BCUT2D eigenvalue weighted by Gasteiger charge is 2.33. The van der Waals surface area contributed by atoms with Gasteiger partial charge in [0.25, 0.3) is 0 Å². The smallest absolute Gasteiger partial charge is 0.243 e. The molecule has 4 aromatic rings. The minimum Gasteiger partial charge on any atom is -0.352 e. The lowest BCUT2D eigenvalue weighted by molar-refractivity contribution is -0.141. The third kappa shape index (κ3) is 7.86. The number of nitrogens with zero attached hydrogens (tertiary/aromatic N) is 1. The van der Waals surface area contributed by atoms with E-state index in [0.29, 0.717) is 18.0 Å². The van der Waals surface area contributed by atoms with Crippen molar-refractivity contribution in [3.8, 4) is 0 Å². The molecule has 4 aromatic carbocycles. The highest BCUT2D eigenvalue weighted by atomic mass is 35.5. The monoisotopic (exact) mass is 564 g/mol. The molecule has 4 nitrogen and oxygen atoms in total. The van der Waals surface area contributed by atoms with Gasteiger partial charge in [-0.2, -0.15) is 0 Å². The van der Waals surface area contributed by atoms with Crippen molar-refractivity contribution in [2.75, 3.05) is 0 Å². The zero-order chi connectivity index (χ0) is 28.4. The van der Waals surface area contributed by atoms with E-state index in [0.717, 1.165) is 47.9 Å². The first-order valence-corrected chi connectivity index (χ1v) is 14.9. The summed E-state index contributed by atoms with van der Waals surface area (Å²) in [5, 5.41) is 3.90. The van der Waals surface area contributed by atoms with Crippen molar-refractivity contribution in [3.05, 3.63) is 143 Å². The second-order valence-electron chi connectivity index (χ2n) is 10.9. The van der Waals surface area contributed by atoms with Crippen LogP contribution in [-0.4, -0.2) is 28.8 Å². The van der Waals surface area contributed by atoms with Crippen molar-refractivity contribution < 1.29 is 9.59 Å². The first-order chi connectivity index (χ1) is 20.1. The largest absolute Gasteiger partial charge is 0.352 e. The molecule has 1 unspecified atom stereocenters. The maximum atomic E-state index is 14.5. The second-order valence-corrected chi connectivity index (χ2v) is 11.4. The Morgan fingerprint density at radius 2 is 1.32 bits per heavy atom. The zero-order valence-corrected chi connectivity index (χ0v) is 24.0. The lowest BCUT2D eigenvalue weighted by atomic mass is 9.87. The van der Waals surface area contributed by atoms with Gasteiger partial charge in [-0.05, 0) is 47.2 Å². The Balaban J connectivity index is 1.51. The van der Waals surface area contributed by atoms with Crippen LogP contribution < -0.4 is 5.32 Å². The molecule has 1 saturated carbocycles. The molecule has 5 heteroatoms. The molecule has 2 amide bonds. The molecule has 0 spiro atoms. The molecule has 0 aliphatic heterocycles. The van der Waals surface area contributed by atoms with Crippen molar-refractivity contribution in [2.45, 2.75) is 63.1 Å². The molecule has 0 radical (unpaired) electrons. The van der Waals surface area contributed by atoms with Crippen LogP contribution in [0.4, 0.5) is 0 Å². The minimum absolute atomic E-state index is 0.0646. The Kier molecular flexibility index (Phi) is 9.87. The Morgan fingerprint density at radius 3 is 1.90 bits per heavy atom. The average molecular weight is 565 g/mol. The summed E-state index contributed by atoms with van der Waals surface area (Å²) < 4.78 is 0. The molecule has 0 bridgehead atoms. The summed E-state index contributed by atoms with van der Waals surface area (Å²) in [6, 6.07) is 37.3. The molecule has 41 heavy (non-hydrogen) atoms. The van der Waals surface area contributed by atoms with Gasteiger partial charge in [0.15, 0.2) is 0 Å². The van der Waals surface area contributed by atoms with E-state index >= 15 is 0 Å². The summed E-state index contributed by atoms with van der Waals surface area (Å²) in [5.74, 6) is -0.292. The van der Waals surface area contributed by atoms with Crippen LogP contribution in [0.25, 0.3) is 0 Å². The molecule has 1 N–H and O–H groups in total. The third-order valence-electron chi connectivity index (χ3n) is 8.00. The van der Waals surface area contributed by atoms with E-state index in [2.05, 4.69) is 29.6 Å². The summed E-state index contributed by atoms with van der Waals surface area (Å²) in [6.45, 7) is 0.297. The van der Waals surface area contributed by atoms with Crippen LogP contribution >= 0.6 is 11.6 Å². The molecule has 1 aliphatic carbocycles. The van der Waals surface area contributed by atoms with Gasteiger partial charge < -0.3 is 10.2 Å². The number of hydrogen-bond donors (Lipinski definition) is 1. The molecule has 5 rings (SSSR count). The second kappa shape index (κ2) is 14.1. The minimum atomic E-state index is -0.656. The molecule has 0 saturated heterocycles. The number of carbonyl (C=O) groups is 2. The highest BCUT2D eigenvalue weighted by molar-refractivity contribution is 6.30. The van der Waals surface area contributed by atoms with E-state index in [-0.39, 0.29) is 30.2 Å². The molecule has 1 fully saturated rings. The van der Waals surface area contributed by atoms with Gasteiger partial charge in [0.2, 0.25) is 11.8 Å². The lowest BCUT2D eigenvalue weighted by Crippen LogP contribution is -2.52. The summed E-state index contributed by atoms with van der Waals surface area (Å²) in [4.78, 5) is 30.3. The predicted octanol–water partition coefficient (Wildman–Crippen LogP) is 7.56. The molecule has 210 valence electrons. The van der Waals surface area contributed by atoms with E-state index in [9.17, 15) is 9.59 Å². The molecule has 1 aliphatic rings. The van der Waals surface area contributed by atoms with Crippen molar-refractivity contribution >= 4 is 23.4 Å². The first kappa shape index (κ1) is 28.6. The highest BCUT2D eigenvalue weighted by Crippen LogP contribution is 2.30. The average Bonchev–Trinajstić information content (AvgIpc) is 3.52. The van der Waals surface area contributed by atoms with Crippen LogP contribution in [0, 0.1) is 0 Å². The van der Waals surface area contributed by atoms with Crippen LogP contribution in [0.15, 0.2) is 115 Å². The van der Waals surface area contributed by atoms with Crippen molar-refractivity contribution in [2.24, 2.45) is 0 Å². The van der Waals surface area contributed by atoms with Gasteiger partial charge in [-0.25, -0.2) is 0 Å². The van der Waals surface area contributed by atoms with Crippen LogP contribution in [-0.2, 0) is 22.6 Å². The van der Waals surface area contributed by atoms with Gasteiger partial charge in [0, 0.05) is 36.4 Å². The van der Waals surface area contributed by atoms with Gasteiger partial charge in [-0.1, -0.05) is 128 Å². The maximum absolute atomic E-state index is 14.5. The predicted molar refractivity (Wildman–Crippen MR) is 166 cm³/mol. The van der Waals surface area contributed by atoms with Gasteiger partial charge >= 0.3 is 0 Å². The SMILES string of the molecule is O=C(NC1CCCC1)C(Cc1ccccc1)N(Cc1cccc(Cl)c1)C(=O)CC(c1ccccc1)c1ccccc1. The van der Waals surface area contributed by atoms with E-state index in [1.807, 2.05) is 91.0 Å². The summed E-state index contributed by atoms with van der Waals surface area (Å²) in [5.41, 5.74) is 4.06. The van der Waals surface area contributed by atoms with E-state index < -0.39 is 6.04 Å². The number of nitrogens with one attached hydrogen (secondary N) is 1. The Morgan fingerprint density at radius 1 is 0.756 bits per heavy atom. The molecular weight excluding hydrogens is 528 g/mol. The number of rotatable bonds is 11. The van der Waals surface area contributed by atoms with Crippen molar-refractivity contribution in [3.63, 3.8) is 0 Å². The van der Waals surface area contributed by atoms with Crippen LogP contribution in [0.2, 0.25) is 5.02 Å². The van der Waals surface area contributed by atoms with Crippen LogP contribution in [0.5, 0.6) is 0 Å². The fourth-order valence-corrected chi connectivity index (χ4v) is 6.06. The molecule has 0 aromatic heterocycles. The maximum Gasteiger partial charge on any atom is 0.243 e. The summed E-state index contributed by atoms with van der Waals surface area (Å²) in [6.07, 6.45) is 4.89. The van der Waals surface area contributed by atoms with E-state index in [1.54, 1.807) is 4.90 Å². The van der Waals surface area contributed by atoms with Gasteiger partial charge in [-0.15, -0.1) is 0 Å². The Labute approximate surface area is 248 Å². The fraction of sp³-hybridized carbons (Fsp3) is 0.278. The molecule has 1 atom stereocenters. The Bertz CT molecular complexity index is 1370. The standard InChI is InChI=1S/C36H37ClN2O2/c37-31-20-12-15-28(23-31)26-39(34(24-27-13-4-1-5-14-27)36(41)38-32-21-10-11-22-32)35(40)25-33(29-16-6-2-7-17-29)30-18-8-3-9-19-30/h1-9,12-20,23,32-34H,10-11,21-22,24-26H2,(H,38,41). The first-order valence-electron chi connectivity index (χ1n) is 14.5. The topological polar surface area (TPSA) is 49.4 Å². The number of carbonyl (C=O) groups excluding carboxylic acids is 2. The van der Waals surface area contributed by atoms with Gasteiger partial charge in [0.1, 0.15) is 6.04 Å². The van der Waals surface area contributed by atoms with Crippen molar-refractivity contribution in [1.29, 1.82) is 0 Å². The molecule has 0 heterocycles.